The lowest BCUT2D eigenvalue weighted by molar-refractivity contribution is 0.0677. The van der Waals surface area contributed by atoms with E-state index in [0.717, 1.165) is 11.1 Å². The van der Waals surface area contributed by atoms with Crippen molar-refractivity contribution in [2.45, 2.75) is 46.2 Å². The number of carbonyl (C=O) groups is 1. The molecule has 0 saturated carbocycles. The predicted octanol–water partition coefficient (Wildman–Crippen LogP) is 4.17. The third kappa shape index (κ3) is 4.51. The minimum absolute atomic E-state index is 0.0381. The van der Waals surface area contributed by atoms with Crippen LogP contribution in [0.15, 0.2) is 30.3 Å². The molecule has 9 nitrogen and oxygen atoms in total. The second kappa shape index (κ2) is 9.65. The van der Waals surface area contributed by atoms with Crippen molar-refractivity contribution in [1.29, 1.82) is 0 Å². The Labute approximate surface area is 222 Å². The number of benzene rings is 2. The van der Waals surface area contributed by atoms with Gasteiger partial charge in [-0.3, -0.25) is 9.89 Å². The number of aromatic nitrogens is 2. The van der Waals surface area contributed by atoms with Gasteiger partial charge in [0.25, 0.3) is 5.91 Å². The molecular formula is C28H33N3O6S. The van der Waals surface area contributed by atoms with Crippen LogP contribution in [-0.4, -0.2) is 65.8 Å². The lowest BCUT2D eigenvalue weighted by Gasteiger charge is -2.31. The van der Waals surface area contributed by atoms with E-state index in [1.54, 1.807) is 12.0 Å². The number of methoxy groups -OCH3 is 1. The highest BCUT2D eigenvalue weighted by Crippen LogP contribution is 2.48. The monoisotopic (exact) mass is 539 g/mol. The van der Waals surface area contributed by atoms with Crippen molar-refractivity contribution in [3.8, 4) is 28.5 Å². The third-order valence-corrected chi connectivity index (χ3v) is 8.93. The van der Waals surface area contributed by atoms with Crippen LogP contribution in [0.3, 0.4) is 0 Å². The van der Waals surface area contributed by atoms with Crippen molar-refractivity contribution in [2.24, 2.45) is 5.92 Å². The van der Waals surface area contributed by atoms with E-state index in [2.05, 4.69) is 24.0 Å². The molecule has 3 aromatic rings. The normalized spacial score (nSPS) is 20.3. The van der Waals surface area contributed by atoms with Gasteiger partial charge in [-0.2, -0.15) is 5.10 Å². The number of nitrogens with zero attached hydrogens (tertiary/aromatic N) is 2. The molecule has 1 amide bonds. The maximum absolute atomic E-state index is 13.8. The van der Waals surface area contributed by atoms with Gasteiger partial charge >= 0.3 is 0 Å². The number of amides is 1. The molecule has 0 radical (unpaired) electrons. The number of ether oxygens (including phenoxy) is 2. The number of rotatable bonds is 7. The molecule has 2 unspecified atom stereocenters. The van der Waals surface area contributed by atoms with E-state index >= 15 is 0 Å². The lowest BCUT2D eigenvalue weighted by atomic mass is 9.93. The SMILES string of the molecule is COc1cc(C2c3c(-c4cc(C)cc(C)c4O)n[nH]c3C(=O)N2C2CCS(=O)(=O)C2)ccc1OCC(C)C. The number of hydrogen-bond acceptors (Lipinski definition) is 7. The predicted molar refractivity (Wildman–Crippen MR) is 144 cm³/mol. The van der Waals surface area contributed by atoms with Crippen LogP contribution in [0.5, 0.6) is 17.2 Å². The van der Waals surface area contributed by atoms with Crippen molar-refractivity contribution < 1.29 is 27.8 Å². The number of sulfone groups is 1. The van der Waals surface area contributed by atoms with Crippen LogP contribution in [0, 0.1) is 19.8 Å². The molecule has 3 heterocycles. The number of H-pyrrole nitrogens is 1. The Morgan fingerprint density at radius 3 is 2.61 bits per heavy atom. The number of nitrogens with one attached hydrogen (secondary N) is 1. The molecule has 2 aliphatic rings. The average molecular weight is 540 g/mol. The smallest absolute Gasteiger partial charge is 0.273 e. The van der Waals surface area contributed by atoms with Gasteiger partial charge in [-0.05, 0) is 61.1 Å². The minimum Gasteiger partial charge on any atom is -0.507 e. The molecule has 5 rings (SSSR count). The van der Waals surface area contributed by atoms with Gasteiger partial charge in [0.05, 0.1) is 31.3 Å². The zero-order valence-corrected chi connectivity index (χ0v) is 23.1. The van der Waals surface area contributed by atoms with Crippen LogP contribution in [0.4, 0.5) is 0 Å². The number of phenolic OH excluding ortho intramolecular Hbond substituents is 1. The zero-order valence-electron chi connectivity index (χ0n) is 22.2. The van der Waals surface area contributed by atoms with E-state index in [1.807, 2.05) is 44.2 Å². The molecule has 1 aromatic heterocycles. The summed E-state index contributed by atoms with van der Waals surface area (Å²) in [5.74, 6) is 1.15. The highest BCUT2D eigenvalue weighted by Gasteiger charge is 2.48. The maximum atomic E-state index is 13.8. The molecule has 1 saturated heterocycles. The van der Waals surface area contributed by atoms with E-state index in [1.165, 1.54) is 0 Å². The van der Waals surface area contributed by atoms with Crippen LogP contribution in [-0.2, 0) is 9.84 Å². The van der Waals surface area contributed by atoms with Crippen molar-refractivity contribution in [3.05, 3.63) is 58.3 Å². The topological polar surface area (TPSA) is 122 Å². The Balaban J connectivity index is 1.68. The number of carbonyl (C=O) groups excluding carboxylic acids is 1. The van der Waals surface area contributed by atoms with E-state index in [9.17, 15) is 18.3 Å². The number of aromatic hydroxyl groups is 1. The molecule has 202 valence electrons. The largest absolute Gasteiger partial charge is 0.507 e. The van der Waals surface area contributed by atoms with Gasteiger partial charge in [-0.1, -0.05) is 26.0 Å². The quantitative estimate of drug-likeness (QED) is 0.462. The van der Waals surface area contributed by atoms with Crippen LogP contribution in [0.2, 0.25) is 0 Å². The first-order chi connectivity index (χ1) is 18.0. The first kappa shape index (κ1) is 26.1. The highest BCUT2D eigenvalue weighted by molar-refractivity contribution is 7.91. The van der Waals surface area contributed by atoms with E-state index in [4.69, 9.17) is 9.47 Å². The second-order valence-corrected chi connectivity index (χ2v) is 12.9. The summed E-state index contributed by atoms with van der Waals surface area (Å²) in [6.45, 7) is 8.39. The summed E-state index contributed by atoms with van der Waals surface area (Å²) < 4.78 is 36.4. The van der Waals surface area contributed by atoms with E-state index < -0.39 is 21.9 Å². The standard InChI is InChI=1S/C28H33N3O6S/c1-15(2)13-37-21-7-6-18(12-22(21)36-5)26-23-24(20-11-16(3)10-17(4)27(20)32)29-30-25(23)28(33)31(26)19-8-9-38(34,35)14-19/h6-7,10-12,15,19,26,32H,8-9,13-14H2,1-5H3,(H,29,30). The van der Waals surface area contributed by atoms with Gasteiger partial charge in [0.1, 0.15) is 17.1 Å². The van der Waals surface area contributed by atoms with Gasteiger partial charge < -0.3 is 19.5 Å². The number of aryl methyl sites for hydroxylation is 2. The first-order valence-electron chi connectivity index (χ1n) is 12.7. The molecule has 1 fully saturated rings. The van der Waals surface area contributed by atoms with Crippen molar-refractivity contribution in [1.82, 2.24) is 15.1 Å². The Bertz CT molecular complexity index is 1510. The Morgan fingerprint density at radius 1 is 1.18 bits per heavy atom. The summed E-state index contributed by atoms with van der Waals surface area (Å²) in [6.07, 6.45) is 0.360. The van der Waals surface area contributed by atoms with Crippen LogP contribution in [0.25, 0.3) is 11.3 Å². The van der Waals surface area contributed by atoms with Gasteiger partial charge in [0.2, 0.25) is 0 Å². The fourth-order valence-electron chi connectivity index (χ4n) is 5.44. The molecule has 38 heavy (non-hydrogen) atoms. The summed E-state index contributed by atoms with van der Waals surface area (Å²) in [4.78, 5) is 15.4. The van der Waals surface area contributed by atoms with Crippen LogP contribution < -0.4 is 9.47 Å². The average Bonchev–Trinajstić information content (AvgIpc) is 3.53. The molecule has 2 aliphatic heterocycles. The van der Waals surface area contributed by atoms with Gasteiger partial charge in [-0.15, -0.1) is 0 Å². The molecule has 0 spiro atoms. The summed E-state index contributed by atoms with van der Waals surface area (Å²) in [5, 5.41) is 18.3. The lowest BCUT2D eigenvalue weighted by Crippen LogP contribution is -2.40. The highest BCUT2D eigenvalue weighted by atomic mass is 32.2. The molecule has 0 aliphatic carbocycles. The number of hydrogen-bond donors (Lipinski definition) is 2. The molecule has 2 N–H and O–H groups in total. The molecule has 10 heteroatoms. The number of fused-ring (bicyclic) bond motifs is 1. The van der Waals surface area contributed by atoms with Crippen LogP contribution >= 0.6 is 0 Å². The Morgan fingerprint density at radius 2 is 1.95 bits per heavy atom. The summed E-state index contributed by atoms with van der Waals surface area (Å²) >= 11 is 0. The number of aromatic amines is 1. The first-order valence-corrected chi connectivity index (χ1v) is 14.6. The van der Waals surface area contributed by atoms with Gasteiger partial charge in [0.15, 0.2) is 21.3 Å². The second-order valence-electron chi connectivity index (χ2n) is 10.6. The Hall–Kier alpha value is -3.53. The maximum Gasteiger partial charge on any atom is 0.273 e. The Kier molecular flexibility index (Phi) is 6.63. The fourth-order valence-corrected chi connectivity index (χ4v) is 7.15. The van der Waals surface area contributed by atoms with Crippen molar-refractivity contribution in [3.63, 3.8) is 0 Å². The molecule has 0 bridgehead atoms. The van der Waals surface area contributed by atoms with Crippen LogP contribution in [0.1, 0.15) is 59.1 Å². The summed E-state index contributed by atoms with van der Waals surface area (Å²) in [6, 6.07) is 8.13. The zero-order chi connectivity index (χ0) is 27.4. The molecular weight excluding hydrogens is 506 g/mol. The van der Waals surface area contributed by atoms with Crippen molar-refractivity contribution >= 4 is 15.7 Å². The van der Waals surface area contributed by atoms with Gasteiger partial charge in [0, 0.05) is 17.2 Å². The summed E-state index contributed by atoms with van der Waals surface area (Å²) in [7, 11) is -1.69. The summed E-state index contributed by atoms with van der Waals surface area (Å²) in [5.41, 5.74) is 4.27. The van der Waals surface area contributed by atoms with E-state index in [0.29, 0.717) is 58.5 Å². The van der Waals surface area contributed by atoms with E-state index in [-0.39, 0.29) is 23.2 Å². The van der Waals surface area contributed by atoms with Crippen molar-refractivity contribution in [2.75, 3.05) is 25.2 Å². The third-order valence-electron chi connectivity index (χ3n) is 7.18. The minimum atomic E-state index is -3.25. The molecule has 2 atom stereocenters. The van der Waals surface area contributed by atoms with Gasteiger partial charge in [-0.25, -0.2) is 8.42 Å². The number of phenols is 1. The molecule has 2 aromatic carbocycles. The fraction of sp³-hybridized carbons (Fsp3) is 0.429.